The summed E-state index contributed by atoms with van der Waals surface area (Å²) in [6, 6.07) is 2.74. The molecule has 1 saturated heterocycles. The maximum absolute atomic E-state index is 13.1. The van der Waals surface area contributed by atoms with Gasteiger partial charge in [-0.15, -0.1) is 0 Å². The third kappa shape index (κ3) is 2.79. The lowest BCUT2D eigenvalue weighted by molar-refractivity contribution is -0.122. The van der Waals surface area contributed by atoms with Crippen molar-refractivity contribution in [1.29, 1.82) is 0 Å². The maximum Gasteiger partial charge on any atom is 0.220 e. The maximum atomic E-state index is 13.1. The van der Waals surface area contributed by atoms with Crippen LogP contribution in [0.25, 0.3) is 0 Å². The summed E-state index contributed by atoms with van der Waals surface area (Å²) >= 11 is 5.69. The van der Waals surface area contributed by atoms with Gasteiger partial charge in [0.2, 0.25) is 5.91 Å². The Bertz CT molecular complexity index is 443. The zero-order chi connectivity index (χ0) is 12.4. The molecule has 92 valence electrons. The number of benzene rings is 1. The second kappa shape index (κ2) is 4.79. The van der Waals surface area contributed by atoms with E-state index in [-0.39, 0.29) is 17.0 Å². The van der Waals surface area contributed by atoms with Crippen molar-refractivity contribution in [2.75, 3.05) is 17.6 Å². The van der Waals surface area contributed by atoms with E-state index in [0.29, 0.717) is 24.3 Å². The van der Waals surface area contributed by atoms with Gasteiger partial charge in [0.25, 0.3) is 0 Å². The van der Waals surface area contributed by atoms with E-state index in [0.717, 1.165) is 6.42 Å². The molecular weight excluding hydrogens is 245 g/mol. The topological polar surface area (TPSA) is 67.1 Å². The van der Waals surface area contributed by atoms with Crippen LogP contribution < -0.4 is 16.4 Å². The Morgan fingerprint density at radius 2 is 2.29 bits per heavy atom. The highest BCUT2D eigenvalue weighted by Gasteiger charge is 2.18. The minimum atomic E-state index is -0.535. The molecule has 1 atom stereocenters. The first-order valence-corrected chi connectivity index (χ1v) is 5.72. The number of halogens is 2. The van der Waals surface area contributed by atoms with Crippen molar-refractivity contribution in [3.63, 3.8) is 0 Å². The molecule has 0 saturated carbocycles. The van der Waals surface area contributed by atoms with Crippen molar-refractivity contribution in [3.05, 3.63) is 23.0 Å². The minimum absolute atomic E-state index is 0.0292. The Balaban J connectivity index is 2.08. The Morgan fingerprint density at radius 3 is 2.94 bits per heavy atom. The number of nitrogens with one attached hydrogen (secondary N) is 2. The Kier molecular flexibility index (Phi) is 3.38. The average Bonchev–Trinajstić information content (AvgIpc) is 2.29. The van der Waals surface area contributed by atoms with Crippen molar-refractivity contribution >= 4 is 28.9 Å². The van der Waals surface area contributed by atoms with Gasteiger partial charge in [-0.05, 0) is 12.5 Å². The molecule has 0 radical (unpaired) electrons. The van der Waals surface area contributed by atoms with Crippen LogP contribution in [0.4, 0.5) is 15.8 Å². The molecule has 2 rings (SSSR count). The molecule has 1 aromatic rings. The number of anilines is 2. The molecule has 4 N–H and O–H groups in total. The number of hydrogen-bond acceptors (Lipinski definition) is 3. The SMILES string of the molecule is Nc1cc(F)c(Cl)cc1NC1CCC(=O)NC1. The third-order valence-corrected chi connectivity index (χ3v) is 3.01. The molecule has 4 nitrogen and oxygen atoms in total. The number of carbonyl (C=O) groups is 1. The number of carbonyl (C=O) groups excluding carboxylic acids is 1. The quantitative estimate of drug-likeness (QED) is 0.707. The number of amides is 1. The molecular formula is C11H13ClFN3O. The second-order valence-corrected chi connectivity index (χ2v) is 4.44. The molecule has 1 aliphatic heterocycles. The zero-order valence-electron chi connectivity index (χ0n) is 9.09. The lowest BCUT2D eigenvalue weighted by Crippen LogP contribution is -2.42. The van der Waals surface area contributed by atoms with Crippen molar-refractivity contribution < 1.29 is 9.18 Å². The lowest BCUT2D eigenvalue weighted by Gasteiger charge is -2.25. The summed E-state index contributed by atoms with van der Waals surface area (Å²) in [5.41, 5.74) is 6.59. The van der Waals surface area contributed by atoms with E-state index in [4.69, 9.17) is 17.3 Å². The molecule has 1 aromatic carbocycles. The fourth-order valence-electron chi connectivity index (χ4n) is 1.76. The highest BCUT2D eigenvalue weighted by Crippen LogP contribution is 2.27. The number of nitrogens with two attached hydrogens (primary N) is 1. The van der Waals surface area contributed by atoms with Crippen LogP contribution in [0.2, 0.25) is 5.02 Å². The molecule has 17 heavy (non-hydrogen) atoms. The molecule has 1 heterocycles. The number of rotatable bonds is 2. The van der Waals surface area contributed by atoms with E-state index in [1.165, 1.54) is 12.1 Å². The summed E-state index contributed by atoms with van der Waals surface area (Å²) in [7, 11) is 0. The summed E-state index contributed by atoms with van der Waals surface area (Å²) in [6.45, 7) is 0.535. The van der Waals surface area contributed by atoms with Crippen molar-refractivity contribution in [3.8, 4) is 0 Å². The molecule has 1 fully saturated rings. The van der Waals surface area contributed by atoms with E-state index in [9.17, 15) is 9.18 Å². The molecule has 1 aliphatic rings. The summed E-state index contributed by atoms with van der Waals surface area (Å²) < 4.78 is 13.1. The van der Waals surface area contributed by atoms with Crippen LogP contribution in [0.3, 0.4) is 0 Å². The van der Waals surface area contributed by atoms with Gasteiger partial charge in [0.15, 0.2) is 0 Å². The largest absolute Gasteiger partial charge is 0.397 e. The Hall–Kier alpha value is -1.49. The van der Waals surface area contributed by atoms with Crippen LogP contribution in [-0.4, -0.2) is 18.5 Å². The van der Waals surface area contributed by atoms with E-state index >= 15 is 0 Å². The van der Waals surface area contributed by atoms with Crippen molar-refractivity contribution in [1.82, 2.24) is 5.32 Å². The van der Waals surface area contributed by atoms with E-state index in [1.807, 2.05) is 0 Å². The first-order chi connectivity index (χ1) is 8.06. The van der Waals surface area contributed by atoms with Gasteiger partial charge in [-0.1, -0.05) is 11.6 Å². The summed E-state index contributed by atoms with van der Waals surface area (Å²) in [5.74, 6) is -0.486. The van der Waals surface area contributed by atoms with Gasteiger partial charge < -0.3 is 16.4 Å². The van der Waals surface area contributed by atoms with E-state index in [2.05, 4.69) is 10.6 Å². The fourth-order valence-corrected chi connectivity index (χ4v) is 1.93. The summed E-state index contributed by atoms with van der Waals surface area (Å²) in [6.07, 6.45) is 1.20. The molecule has 0 aliphatic carbocycles. The Labute approximate surface area is 103 Å². The smallest absolute Gasteiger partial charge is 0.220 e. The predicted molar refractivity (Wildman–Crippen MR) is 65.5 cm³/mol. The zero-order valence-corrected chi connectivity index (χ0v) is 9.85. The first kappa shape index (κ1) is 12.0. The second-order valence-electron chi connectivity index (χ2n) is 4.04. The predicted octanol–water partition coefficient (Wildman–Crippen LogP) is 1.75. The van der Waals surface area contributed by atoms with Crippen LogP contribution in [0, 0.1) is 5.82 Å². The number of hydrogen-bond donors (Lipinski definition) is 3. The van der Waals surface area contributed by atoms with Crippen molar-refractivity contribution in [2.24, 2.45) is 0 Å². The van der Waals surface area contributed by atoms with Crippen LogP contribution >= 0.6 is 11.6 Å². The molecule has 0 aromatic heterocycles. The summed E-state index contributed by atoms with van der Waals surface area (Å²) in [4.78, 5) is 11.0. The van der Waals surface area contributed by atoms with Crippen LogP contribution in [0.5, 0.6) is 0 Å². The molecule has 1 unspecified atom stereocenters. The minimum Gasteiger partial charge on any atom is -0.397 e. The van der Waals surface area contributed by atoms with Gasteiger partial charge >= 0.3 is 0 Å². The summed E-state index contributed by atoms with van der Waals surface area (Å²) in [5, 5.41) is 5.92. The first-order valence-electron chi connectivity index (χ1n) is 5.34. The highest BCUT2D eigenvalue weighted by molar-refractivity contribution is 6.31. The molecule has 1 amide bonds. The molecule has 0 spiro atoms. The molecule has 0 bridgehead atoms. The van der Waals surface area contributed by atoms with Gasteiger partial charge in [-0.25, -0.2) is 4.39 Å². The molecule has 6 heteroatoms. The van der Waals surface area contributed by atoms with Gasteiger partial charge in [0.05, 0.1) is 16.4 Å². The van der Waals surface area contributed by atoms with E-state index in [1.54, 1.807) is 0 Å². The van der Waals surface area contributed by atoms with Gasteiger partial charge in [-0.3, -0.25) is 4.79 Å². The fraction of sp³-hybridized carbons (Fsp3) is 0.364. The highest BCUT2D eigenvalue weighted by atomic mass is 35.5. The standard InChI is InChI=1S/C11H13ClFN3O/c12-7-3-10(9(14)4-8(7)13)16-6-1-2-11(17)15-5-6/h3-4,6,16H,1-2,5,14H2,(H,15,17). The van der Waals surface area contributed by atoms with Gasteiger partial charge in [0, 0.05) is 25.1 Å². The van der Waals surface area contributed by atoms with Crippen LogP contribution in [-0.2, 0) is 4.79 Å². The third-order valence-electron chi connectivity index (χ3n) is 2.72. The number of piperidine rings is 1. The van der Waals surface area contributed by atoms with Gasteiger partial charge in [-0.2, -0.15) is 0 Å². The van der Waals surface area contributed by atoms with Gasteiger partial charge in [0.1, 0.15) is 5.82 Å². The number of nitrogen functional groups attached to an aromatic ring is 1. The monoisotopic (exact) mass is 257 g/mol. The average molecular weight is 258 g/mol. The normalized spacial score (nSPS) is 19.9. The van der Waals surface area contributed by atoms with Crippen LogP contribution in [0.15, 0.2) is 12.1 Å². The Morgan fingerprint density at radius 1 is 1.53 bits per heavy atom. The van der Waals surface area contributed by atoms with E-state index < -0.39 is 5.82 Å². The van der Waals surface area contributed by atoms with Crippen molar-refractivity contribution in [2.45, 2.75) is 18.9 Å². The van der Waals surface area contributed by atoms with Crippen LogP contribution in [0.1, 0.15) is 12.8 Å². The lowest BCUT2D eigenvalue weighted by atomic mass is 10.1.